The first kappa shape index (κ1) is 14.4. The third-order valence-corrected chi connectivity index (χ3v) is 1.75. The molecule has 0 radical (unpaired) electrons. The van der Waals surface area contributed by atoms with E-state index in [2.05, 4.69) is 10.1 Å². The summed E-state index contributed by atoms with van der Waals surface area (Å²) in [7, 11) is 1.38. The van der Waals surface area contributed by atoms with Gasteiger partial charge >= 0.3 is 11.9 Å². The van der Waals surface area contributed by atoms with Crippen LogP contribution in [0.3, 0.4) is 0 Å². The van der Waals surface area contributed by atoms with Gasteiger partial charge in [0, 0.05) is 13.6 Å². The number of nitrogens with one attached hydrogen (secondary N) is 1. The summed E-state index contributed by atoms with van der Waals surface area (Å²) >= 11 is 0. The van der Waals surface area contributed by atoms with Crippen LogP contribution in [0.1, 0.15) is 20.3 Å². The first-order valence-electron chi connectivity index (χ1n) is 5.21. The Labute approximate surface area is 94.9 Å². The van der Waals surface area contributed by atoms with E-state index >= 15 is 0 Å². The molecule has 0 heterocycles. The smallest absolute Gasteiger partial charge is 0.397 e. The van der Waals surface area contributed by atoms with Crippen LogP contribution >= 0.6 is 0 Å². The molecule has 92 valence electrons. The van der Waals surface area contributed by atoms with E-state index in [4.69, 9.17) is 0 Å². The number of ether oxygens (including phenoxy) is 1. The van der Waals surface area contributed by atoms with Crippen LogP contribution in [0, 0.1) is 0 Å². The molecule has 0 rings (SSSR count). The first-order valence-corrected chi connectivity index (χ1v) is 5.21. The predicted octanol–water partition coefficient (Wildman–Crippen LogP) is -0.466. The molecule has 0 aromatic rings. The van der Waals surface area contributed by atoms with Gasteiger partial charge in [0.1, 0.15) is 0 Å². The molecule has 6 nitrogen and oxygen atoms in total. The summed E-state index contributed by atoms with van der Waals surface area (Å²) in [6, 6.07) is 0. The number of amides is 2. The van der Waals surface area contributed by atoms with Crippen LogP contribution in [0.15, 0.2) is 0 Å². The second-order valence-corrected chi connectivity index (χ2v) is 3.23. The molecule has 0 aliphatic rings. The monoisotopic (exact) mass is 230 g/mol. The molecular weight excluding hydrogens is 212 g/mol. The molecule has 0 saturated heterocycles. The fourth-order valence-corrected chi connectivity index (χ4v) is 0.956. The van der Waals surface area contributed by atoms with Gasteiger partial charge in [-0.05, 0) is 13.3 Å². The molecule has 1 N–H and O–H groups in total. The quantitative estimate of drug-likeness (QED) is 0.512. The zero-order valence-electron chi connectivity index (χ0n) is 9.91. The minimum Gasteiger partial charge on any atom is -0.459 e. The van der Waals surface area contributed by atoms with Crippen molar-refractivity contribution < 1.29 is 19.1 Å². The Kier molecular flexibility index (Phi) is 6.91. The van der Waals surface area contributed by atoms with E-state index in [-0.39, 0.29) is 19.1 Å². The third-order valence-electron chi connectivity index (χ3n) is 1.75. The maximum Gasteiger partial charge on any atom is 0.397 e. The topological polar surface area (TPSA) is 75.7 Å². The van der Waals surface area contributed by atoms with Crippen molar-refractivity contribution in [3.63, 3.8) is 0 Å². The Hall–Kier alpha value is -1.59. The number of hydrogen-bond donors (Lipinski definition) is 1. The summed E-state index contributed by atoms with van der Waals surface area (Å²) in [6.45, 7) is 4.09. The van der Waals surface area contributed by atoms with Crippen molar-refractivity contribution in [2.45, 2.75) is 20.3 Å². The Balaban J connectivity index is 4.04. The highest BCUT2D eigenvalue weighted by molar-refractivity contribution is 6.32. The second kappa shape index (κ2) is 7.67. The number of hydrogen-bond acceptors (Lipinski definition) is 4. The maximum absolute atomic E-state index is 11.3. The van der Waals surface area contributed by atoms with Gasteiger partial charge in [0.2, 0.25) is 5.91 Å². The van der Waals surface area contributed by atoms with Crippen molar-refractivity contribution in [1.29, 1.82) is 0 Å². The highest BCUT2D eigenvalue weighted by Gasteiger charge is 2.21. The van der Waals surface area contributed by atoms with Crippen molar-refractivity contribution >= 4 is 17.8 Å². The molecule has 0 spiro atoms. The van der Waals surface area contributed by atoms with E-state index in [0.29, 0.717) is 6.54 Å². The van der Waals surface area contributed by atoms with E-state index in [0.717, 1.165) is 11.3 Å². The van der Waals surface area contributed by atoms with Crippen LogP contribution in [0.5, 0.6) is 0 Å². The highest BCUT2D eigenvalue weighted by Crippen LogP contribution is 1.89. The molecule has 0 aromatic carbocycles. The van der Waals surface area contributed by atoms with Crippen LogP contribution in [0.25, 0.3) is 0 Å². The van der Waals surface area contributed by atoms with E-state index in [1.807, 2.05) is 6.92 Å². The Morgan fingerprint density at radius 3 is 2.38 bits per heavy atom. The summed E-state index contributed by atoms with van der Waals surface area (Å²) in [5.74, 6) is -2.04. The van der Waals surface area contributed by atoms with Gasteiger partial charge in [-0.3, -0.25) is 9.59 Å². The minimum atomic E-state index is -0.937. The van der Waals surface area contributed by atoms with Crippen LogP contribution in [-0.4, -0.2) is 49.4 Å². The molecule has 2 amide bonds. The molecular formula is C10H18N2O4. The molecule has 0 aliphatic heterocycles. The molecule has 16 heavy (non-hydrogen) atoms. The molecule has 0 atom stereocenters. The Bertz CT molecular complexity index is 266. The normalized spacial score (nSPS) is 9.44. The average molecular weight is 230 g/mol. The fraction of sp³-hybridized carbons (Fsp3) is 0.700. The van der Waals surface area contributed by atoms with Gasteiger partial charge in [0.15, 0.2) is 0 Å². The van der Waals surface area contributed by atoms with E-state index in [1.54, 1.807) is 6.92 Å². The van der Waals surface area contributed by atoms with Crippen molar-refractivity contribution in [1.82, 2.24) is 10.2 Å². The molecule has 0 unspecified atom stereocenters. The van der Waals surface area contributed by atoms with Crippen LogP contribution in [0.2, 0.25) is 0 Å². The average Bonchev–Trinajstić information content (AvgIpc) is 2.25. The van der Waals surface area contributed by atoms with Crippen molar-refractivity contribution in [2.75, 3.05) is 26.7 Å². The first-order chi connectivity index (χ1) is 7.52. The van der Waals surface area contributed by atoms with Crippen molar-refractivity contribution in [2.24, 2.45) is 0 Å². The zero-order valence-corrected chi connectivity index (χ0v) is 9.91. The number of nitrogens with zero attached hydrogens (tertiary/aromatic N) is 1. The van der Waals surface area contributed by atoms with E-state index in [9.17, 15) is 14.4 Å². The lowest BCUT2D eigenvalue weighted by atomic mass is 10.4. The standard InChI is InChI=1S/C10H18N2O4/c1-4-6-11-8(13)7-12(3)9(14)10(15)16-5-2/h4-7H2,1-3H3,(H,11,13). The summed E-state index contributed by atoms with van der Waals surface area (Å²) < 4.78 is 4.53. The highest BCUT2D eigenvalue weighted by atomic mass is 16.5. The SMILES string of the molecule is CCCNC(=O)CN(C)C(=O)C(=O)OCC. The summed E-state index contributed by atoms with van der Waals surface area (Å²) in [4.78, 5) is 34.6. The van der Waals surface area contributed by atoms with E-state index in [1.165, 1.54) is 7.05 Å². The van der Waals surface area contributed by atoms with Crippen molar-refractivity contribution in [3.05, 3.63) is 0 Å². The van der Waals surface area contributed by atoms with Gasteiger partial charge < -0.3 is 15.0 Å². The van der Waals surface area contributed by atoms with Crippen LogP contribution < -0.4 is 5.32 Å². The van der Waals surface area contributed by atoms with Gasteiger partial charge in [0.05, 0.1) is 13.2 Å². The summed E-state index contributed by atoms with van der Waals surface area (Å²) in [6.07, 6.45) is 0.821. The maximum atomic E-state index is 11.3. The summed E-state index contributed by atoms with van der Waals surface area (Å²) in [5.41, 5.74) is 0. The minimum absolute atomic E-state index is 0.139. The Morgan fingerprint density at radius 1 is 1.25 bits per heavy atom. The number of esters is 1. The number of carbonyl (C=O) groups is 3. The molecule has 0 saturated carbocycles. The summed E-state index contributed by atoms with van der Waals surface area (Å²) in [5, 5.41) is 2.60. The van der Waals surface area contributed by atoms with E-state index < -0.39 is 11.9 Å². The van der Waals surface area contributed by atoms with Gasteiger partial charge in [-0.25, -0.2) is 4.79 Å². The lowest BCUT2D eigenvalue weighted by Gasteiger charge is -2.15. The molecule has 0 aromatic heterocycles. The number of rotatable bonds is 5. The lowest BCUT2D eigenvalue weighted by Crippen LogP contribution is -2.42. The van der Waals surface area contributed by atoms with Gasteiger partial charge in [-0.1, -0.05) is 6.92 Å². The second-order valence-electron chi connectivity index (χ2n) is 3.23. The van der Waals surface area contributed by atoms with Gasteiger partial charge in [-0.2, -0.15) is 0 Å². The Morgan fingerprint density at radius 2 is 1.88 bits per heavy atom. The largest absolute Gasteiger partial charge is 0.459 e. The van der Waals surface area contributed by atoms with Crippen LogP contribution in [0.4, 0.5) is 0 Å². The van der Waals surface area contributed by atoms with Gasteiger partial charge in [0.25, 0.3) is 0 Å². The third kappa shape index (κ3) is 5.33. The molecule has 0 aliphatic carbocycles. The van der Waals surface area contributed by atoms with Crippen molar-refractivity contribution in [3.8, 4) is 0 Å². The predicted molar refractivity (Wildman–Crippen MR) is 57.6 cm³/mol. The molecule has 0 fully saturated rings. The fourth-order valence-electron chi connectivity index (χ4n) is 0.956. The molecule has 0 bridgehead atoms. The van der Waals surface area contributed by atoms with Gasteiger partial charge in [-0.15, -0.1) is 0 Å². The molecule has 6 heteroatoms. The number of carbonyl (C=O) groups excluding carboxylic acids is 3. The van der Waals surface area contributed by atoms with Crippen LogP contribution in [-0.2, 0) is 19.1 Å². The lowest BCUT2D eigenvalue weighted by molar-refractivity contribution is -0.159. The number of likely N-dealkylation sites (N-methyl/N-ethyl adjacent to an activating group) is 1. The zero-order chi connectivity index (χ0) is 12.6.